The molecule has 1 atom stereocenters. The molecule has 0 saturated carbocycles. The number of aliphatic hydroxyl groups is 1. The average Bonchev–Trinajstić information content (AvgIpc) is 2.54. The van der Waals surface area contributed by atoms with E-state index < -0.39 is 6.10 Å². The fraction of sp³-hybridized carbons (Fsp3) is 0.250. The van der Waals surface area contributed by atoms with E-state index >= 15 is 0 Å². The van der Waals surface area contributed by atoms with Crippen molar-refractivity contribution in [2.45, 2.75) is 12.7 Å². The van der Waals surface area contributed by atoms with Crippen LogP contribution in [0.4, 0.5) is 5.69 Å². The molecule has 2 heterocycles. The summed E-state index contributed by atoms with van der Waals surface area (Å²) in [6.45, 7) is 0.784. The van der Waals surface area contributed by atoms with Crippen molar-refractivity contribution in [2.75, 3.05) is 19.0 Å². The molecule has 1 aromatic heterocycles. The molecule has 1 aliphatic rings. The van der Waals surface area contributed by atoms with Crippen molar-refractivity contribution < 1.29 is 9.84 Å². The lowest BCUT2D eigenvalue weighted by Crippen LogP contribution is -2.17. The maximum absolute atomic E-state index is 10.2. The number of pyridine rings is 1. The van der Waals surface area contributed by atoms with Crippen LogP contribution in [0.2, 0.25) is 0 Å². The van der Waals surface area contributed by atoms with Crippen LogP contribution in [0, 0.1) is 5.41 Å². The maximum atomic E-state index is 10.2. The summed E-state index contributed by atoms with van der Waals surface area (Å²) in [6.07, 6.45) is 4.20. The van der Waals surface area contributed by atoms with E-state index in [0.29, 0.717) is 13.2 Å². The predicted octanol–water partition coefficient (Wildman–Crippen LogP) is 2.35. The zero-order chi connectivity index (χ0) is 14.8. The minimum absolute atomic E-state index is 0.307. The lowest BCUT2D eigenvalue weighted by atomic mass is 9.92. The fourth-order valence-electron chi connectivity index (χ4n) is 2.68. The van der Waals surface area contributed by atoms with Crippen LogP contribution in [0.1, 0.15) is 22.8 Å². The first-order valence-corrected chi connectivity index (χ1v) is 6.80. The first kappa shape index (κ1) is 13.7. The Balaban J connectivity index is 2.15. The molecule has 21 heavy (non-hydrogen) atoms. The van der Waals surface area contributed by atoms with E-state index in [1.54, 1.807) is 12.4 Å². The van der Waals surface area contributed by atoms with Crippen LogP contribution < -0.4 is 5.32 Å². The third kappa shape index (κ3) is 2.41. The van der Waals surface area contributed by atoms with Gasteiger partial charge in [-0.3, -0.25) is 4.98 Å². The summed E-state index contributed by atoms with van der Waals surface area (Å²) in [5.74, 6) is 0. The number of nitrogens with one attached hydrogen (secondary N) is 2. The SMILES string of the molecule is CNc1cc(-c2cncc3c2C(O)COC3)ccc1C=N. The smallest absolute Gasteiger partial charge is 0.103 e. The summed E-state index contributed by atoms with van der Waals surface area (Å²) in [5, 5.41) is 20.7. The van der Waals surface area contributed by atoms with Crippen LogP contribution in [0.15, 0.2) is 30.6 Å². The van der Waals surface area contributed by atoms with Crippen molar-refractivity contribution >= 4 is 11.9 Å². The van der Waals surface area contributed by atoms with E-state index in [9.17, 15) is 5.11 Å². The Bertz CT molecular complexity index is 685. The van der Waals surface area contributed by atoms with Gasteiger partial charge in [0, 0.05) is 48.0 Å². The van der Waals surface area contributed by atoms with Gasteiger partial charge in [0.15, 0.2) is 0 Å². The van der Waals surface area contributed by atoms with Gasteiger partial charge < -0.3 is 20.6 Å². The summed E-state index contributed by atoms with van der Waals surface area (Å²) >= 11 is 0. The molecule has 0 bridgehead atoms. The number of hydrogen-bond acceptors (Lipinski definition) is 5. The molecular formula is C16H17N3O2. The first-order chi connectivity index (χ1) is 10.2. The van der Waals surface area contributed by atoms with Crippen molar-refractivity contribution in [3.63, 3.8) is 0 Å². The Hall–Kier alpha value is -2.24. The highest BCUT2D eigenvalue weighted by Crippen LogP contribution is 2.35. The van der Waals surface area contributed by atoms with Gasteiger partial charge in [-0.25, -0.2) is 0 Å². The summed E-state index contributed by atoms with van der Waals surface area (Å²) in [6, 6.07) is 5.81. The van der Waals surface area contributed by atoms with Crippen molar-refractivity contribution in [2.24, 2.45) is 0 Å². The van der Waals surface area contributed by atoms with E-state index in [2.05, 4.69) is 10.3 Å². The number of fused-ring (bicyclic) bond motifs is 1. The number of hydrogen-bond donors (Lipinski definition) is 3. The Morgan fingerprint density at radius 1 is 1.43 bits per heavy atom. The molecule has 5 heteroatoms. The number of aliphatic hydroxyl groups excluding tert-OH is 1. The van der Waals surface area contributed by atoms with Crippen LogP contribution in [-0.2, 0) is 11.3 Å². The highest BCUT2D eigenvalue weighted by atomic mass is 16.5. The number of benzene rings is 1. The Labute approximate surface area is 123 Å². The van der Waals surface area contributed by atoms with Gasteiger partial charge in [0.05, 0.1) is 13.2 Å². The zero-order valence-corrected chi connectivity index (χ0v) is 11.8. The highest BCUT2D eigenvalue weighted by Gasteiger charge is 2.23. The van der Waals surface area contributed by atoms with Crippen LogP contribution in [0.5, 0.6) is 0 Å². The fourth-order valence-corrected chi connectivity index (χ4v) is 2.68. The molecule has 0 saturated heterocycles. The predicted molar refractivity (Wildman–Crippen MR) is 81.7 cm³/mol. The average molecular weight is 283 g/mol. The maximum Gasteiger partial charge on any atom is 0.103 e. The third-order valence-corrected chi connectivity index (χ3v) is 3.73. The molecule has 0 fully saturated rings. The molecule has 0 aliphatic carbocycles. The molecule has 5 nitrogen and oxygen atoms in total. The van der Waals surface area contributed by atoms with Gasteiger partial charge in [-0.15, -0.1) is 0 Å². The van der Waals surface area contributed by atoms with E-state index in [-0.39, 0.29) is 0 Å². The third-order valence-electron chi connectivity index (χ3n) is 3.73. The summed E-state index contributed by atoms with van der Waals surface area (Å²) in [4.78, 5) is 4.25. The van der Waals surface area contributed by atoms with Crippen LogP contribution in [-0.4, -0.2) is 30.0 Å². The zero-order valence-electron chi connectivity index (χ0n) is 11.8. The Morgan fingerprint density at radius 3 is 3.05 bits per heavy atom. The Kier molecular flexibility index (Phi) is 3.68. The van der Waals surface area contributed by atoms with Gasteiger partial charge >= 0.3 is 0 Å². The van der Waals surface area contributed by atoms with Gasteiger partial charge in [-0.05, 0) is 17.2 Å². The number of ether oxygens (including phenoxy) is 1. The van der Waals surface area contributed by atoms with Crippen LogP contribution >= 0.6 is 0 Å². The van der Waals surface area contributed by atoms with Crippen molar-refractivity contribution in [1.82, 2.24) is 4.98 Å². The molecule has 2 aromatic rings. The molecular weight excluding hydrogens is 266 g/mol. The number of aromatic nitrogens is 1. The molecule has 1 aliphatic heterocycles. The van der Waals surface area contributed by atoms with Crippen LogP contribution in [0.3, 0.4) is 0 Å². The first-order valence-electron chi connectivity index (χ1n) is 6.80. The van der Waals surface area contributed by atoms with Crippen LogP contribution in [0.25, 0.3) is 11.1 Å². The topological polar surface area (TPSA) is 78.2 Å². The van der Waals surface area contributed by atoms with Crippen molar-refractivity contribution in [3.8, 4) is 11.1 Å². The molecule has 0 spiro atoms. The van der Waals surface area contributed by atoms with E-state index in [0.717, 1.165) is 33.5 Å². The number of anilines is 1. The van der Waals surface area contributed by atoms with Gasteiger partial charge in [0.1, 0.15) is 6.10 Å². The minimum atomic E-state index is -0.632. The number of nitrogens with zero attached hydrogens (tertiary/aromatic N) is 1. The standard InChI is InChI=1S/C16H17N3O2/c1-18-14-4-10(2-3-11(14)5-17)13-7-19-6-12-8-21-9-15(20)16(12)13/h2-7,15,17-18,20H,8-9H2,1H3. The van der Waals surface area contributed by atoms with E-state index in [1.807, 2.05) is 25.2 Å². The molecule has 1 unspecified atom stereocenters. The summed E-state index contributed by atoms with van der Waals surface area (Å²) in [5.41, 5.74) is 5.39. The van der Waals surface area contributed by atoms with Gasteiger partial charge in [-0.2, -0.15) is 0 Å². The molecule has 3 N–H and O–H groups in total. The van der Waals surface area contributed by atoms with E-state index in [4.69, 9.17) is 10.1 Å². The van der Waals surface area contributed by atoms with E-state index in [1.165, 1.54) is 6.21 Å². The second kappa shape index (κ2) is 5.63. The molecule has 0 radical (unpaired) electrons. The second-order valence-electron chi connectivity index (χ2n) is 4.99. The lowest BCUT2D eigenvalue weighted by Gasteiger charge is -2.24. The largest absolute Gasteiger partial charge is 0.388 e. The molecule has 0 amide bonds. The quantitative estimate of drug-likeness (QED) is 0.756. The monoisotopic (exact) mass is 283 g/mol. The highest BCUT2D eigenvalue weighted by molar-refractivity contribution is 5.88. The normalized spacial score (nSPS) is 17.1. The number of rotatable bonds is 3. The minimum Gasteiger partial charge on any atom is -0.388 e. The van der Waals surface area contributed by atoms with Crippen molar-refractivity contribution in [1.29, 1.82) is 5.41 Å². The lowest BCUT2D eigenvalue weighted by molar-refractivity contribution is 0.00995. The Morgan fingerprint density at radius 2 is 2.29 bits per heavy atom. The van der Waals surface area contributed by atoms with Gasteiger partial charge in [-0.1, -0.05) is 12.1 Å². The second-order valence-corrected chi connectivity index (χ2v) is 4.99. The summed E-state index contributed by atoms with van der Waals surface area (Å²) < 4.78 is 5.35. The molecule has 108 valence electrons. The van der Waals surface area contributed by atoms with Gasteiger partial charge in [0.25, 0.3) is 0 Å². The van der Waals surface area contributed by atoms with Gasteiger partial charge in [0.2, 0.25) is 0 Å². The molecule has 1 aromatic carbocycles. The summed E-state index contributed by atoms with van der Waals surface area (Å²) in [7, 11) is 1.83. The van der Waals surface area contributed by atoms with Crippen molar-refractivity contribution in [3.05, 3.63) is 47.3 Å². The molecule has 3 rings (SSSR count).